The van der Waals surface area contributed by atoms with Crippen LogP contribution >= 0.6 is 0 Å². The summed E-state index contributed by atoms with van der Waals surface area (Å²) in [6, 6.07) is 0. The Morgan fingerprint density at radius 1 is 0.889 bits per heavy atom. The van der Waals surface area contributed by atoms with Crippen molar-refractivity contribution in [1.82, 2.24) is 0 Å². The Kier molecular flexibility index (Phi) is 4.99. The van der Waals surface area contributed by atoms with Gasteiger partial charge in [0.2, 0.25) is 0 Å². The summed E-state index contributed by atoms with van der Waals surface area (Å²) in [5.41, 5.74) is 0.826. The van der Waals surface area contributed by atoms with Crippen LogP contribution in [0.3, 0.4) is 0 Å². The van der Waals surface area contributed by atoms with Crippen LogP contribution in [0.4, 0.5) is 0 Å². The van der Waals surface area contributed by atoms with Gasteiger partial charge in [-0.25, -0.2) is 0 Å². The Morgan fingerprint density at radius 2 is 1.56 bits per heavy atom. The lowest BCUT2D eigenvalue weighted by Gasteiger charge is -2.61. The number of Topliss-reactive ketones (excluding diaryl/α,β-unsaturated/α-hetero) is 1. The van der Waals surface area contributed by atoms with Crippen LogP contribution in [-0.2, 0) is 9.22 Å². The van der Waals surface area contributed by atoms with Crippen molar-refractivity contribution in [2.45, 2.75) is 104 Å². The maximum atomic E-state index is 12.3. The zero-order valence-electron chi connectivity index (χ0n) is 18.6. The topological polar surface area (TPSA) is 26.3 Å². The largest absolute Gasteiger partial charge is 0.415 e. The van der Waals surface area contributed by atoms with Crippen molar-refractivity contribution < 1.29 is 9.22 Å². The molecule has 4 saturated carbocycles. The minimum Gasteiger partial charge on any atom is -0.415 e. The predicted octanol–water partition coefficient (Wildman–Crippen LogP) is 6.45. The lowest BCUT2D eigenvalue weighted by atomic mass is 9.44. The highest BCUT2D eigenvalue weighted by Gasteiger charge is 2.60. The van der Waals surface area contributed by atoms with E-state index in [1.807, 2.05) is 6.92 Å². The highest BCUT2D eigenvalue weighted by Crippen LogP contribution is 2.67. The second-order valence-corrected chi connectivity index (χ2v) is 16.5. The molecule has 0 spiro atoms. The van der Waals surface area contributed by atoms with Crippen LogP contribution in [0.5, 0.6) is 0 Å². The number of ketones is 1. The Morgan fingerprint density at radius 3 is 2.22 bits per heavy atom. The minimum absolute atomic E-state index is 0.300. The van der Waals surface area contributed by atoms with Gasteiger partial charge in [-0.05, 0) is 119 Å². The first-order chi connectivity index (χ1) is 12.5. The Hall–Kier alpha value is -0.153. The lowest BCUT2D eigenvalue weighted by molar-refractivity contribution is -0.137. The molecule has 4 aliphatic rings. The zero-order valence-corrected chi connectivity index (χ0v) is 19.6. The third-order valence-corrected chi connectivity index (χ3v) is 10.7. The third kappa shape index (κ3) is 3.29. The molecule has 3 heteroatoms. The second kappa shape index (κ2) is 6.69. The molecule has 0 amide bonds. The van der Waals surface area contributed by atoms with Crippen molar-refractivity contribution >= 4 is 14.1 Å². The van der Waals surface area contributed by atoms with E-state index >= 15 is 0 Å². The molecule has 4 rings (SSSR count). The van der Waals surface area contributed by atoms with Gasteiger partial charge in [-0.15, -0.1) is 0 Å². The number of carbonyl (C=O) groups is 1. The number of hydrogen-bond donors (Lipinski definition) is 0. The summed E-state index contributed by atoms with van der Waals surface area (Å²) in [6.07, 6.45) is 12.4. The fourth-order valence-electron chi connectivity index (χ4n) is 8.49. The van der Waals surface area contributed by atoms with Crippen LogP contribution in [-0.4, -0.2) is 20.2 Å². The van der Waals surface area contributed by atoms with Crippen molar-refractivity contribution in [2.75, 3.05) is 0 Å². The number of fused-ring (bicyclic) bond motifs is 5. The quantitative estimate of drug-likeness (QED) is 0.517. The monoisotopic (exact) mass is 390 g/mol. The molecule has 0 aliphatic heterocycles. The van der Waals surface area contributed by atoms with E-state index in [1.165, 1.54) is 51.4 Å². The van der Waals surface area contributed by atoms with Gasteiger partial charge in [-0.1, -0.05) is 13.8 Å². The highest BCUT2D eigenvalue weighted by atomic mass is 28.4. The zero-order chi connectivity index (χ0) is 19.6. The van der Waals surface area contributed by atoms with Crippen LogP contribution in [0.15, 0.2) is 0 Å². The van der Waals surface area contributed by atoms with Crippen molar-refractivity contribution in [3.63, 3.8) is 0 Å². The van der Waals surface area contributed by atoms with Crippen LogP contribution in [0.2, 0.25) is 19.6 Å². The molecule has 0 aromatic carbocycles. The summed E-state index contributed by atoms with van der Waals surface area (Å²) in [7, 11) is -1.44. The molecule has 0 unspecified atom stereocenters. The highest BCUT2D eigenvalue weighted by molar-refractivity contribution is 6.69. The van der Waals surface area contributed by atoms with E-state index in [-0.39, 0.29) is 0 Å². The van der Waals surface area contributed by atoms with Gasteiger partial charge < -0.3 is 4.43 Å². The SMILES string of the molecule is CC(=O)[C@H]1CC[C@H]2[C@@H]3CC[C@@H]4C[C@H](O[Si](C)(C)C)CC[C@]4(C)[C@H]3CC[C@]12C. The molecule has 0 bridgehead atoms. The molecule has 8 atom stereocenters. The molecule has 0 heterocycles. The van der Waals surface area contributed by atoms with E-state index in [9.17, 15) is 4.79 Å². The first kappa shape index (κ1) is 20.1. The van der Waals surface area contributed by atoms with E-state index in [1.54, 1.807) is 0 Å². The average Bonchev–Trinajstić information content (AvgIpc) is 2.91. The molecule has 0 radical (unpaired) electrons. The van der Waals surface area contributed by atoms with Gasteiger partial charge in [0, 0.05) is 12.0 Å². The van der Waals surface area contributed by atoms with Crippen LogP contribution in [0.25, 0.3) is 0 Å². The standard InChI is InChI=1S/C24H42O2Si/c1-16(25)20-9-10-21-19-8-7-17-15-18(26-27(4,5)6)11-13-23(17,2)22(19)12-14-24(20,21)3/h17-22H,7-15H2,1-6H3/t17-,18-,19+,20-,21+,22+,23+,24-/m1/s1. The van der Waals surface area contributed by atoms with Crippen LogP contribution in [0.1, 0.15) is 78.6 Å². The second-order valence-electron chi connectivity index (χ2n) is 12.1. The smallest absolute Gasteiger partial charge is 0.184 e. The van der Waals surface area contributed by atoms with Gasteiger partial charge in [-0.3, -0.25) is 4.79 Å². The summed E-state index contributed by atoms with van der Waals surface area (Å²) >= 11 is 0. The third-order valence-electron chi connectivity index (χ3n) is 9.63. The molecule has 0 saturated heterocycles. The summed E-state index contributed by atoms with van der Waals surface area (Å²) in [5, 5.41) is 0. The normalized spacial score (nSPS) is 49.9. The van der Waals surface area contributed by atoms with Gasteiger partial charge in [0.15, 0.2) is 8.32 Å². The fraction of sp³-hybridized carbons (Fsp3) is 0.958. The molecular formula is C24H42O2Si. The maximum absolute atomic E-state index is 12.3. The predicted molar refractivity (Wildman–Crippen MR) is 114 cm³/mol. The first-order valence-electron chi connectivity index (χ1n) is 11.7. The van der Waals surface area contributed by atoms with Gasteiger partial charge in [-0.2, -0.15) is 0 Å². The lowest BCUT2D eigenvalue weighted by Crippen LogP contribution is -2.54. The summed E-state index contributed by atoms with van der Waals surface area (Å²) < 4.78 is 6.54. The van der Waals surface area contributed by atoms with E-state index in [0.717, 1.165) is 30.1 Å². The molecular weight excluding hydrogens is 348 g/mol. The molecule has 0 aromatic rings. The molecule has 0 aromatic heterocycles. The van der Waals surface area contributed by atoms with Gasteiger partial charge >= 0.3 is 0 Å². The van der Waals surface area contributed by atoms with E-state index in [0.29, 0.717) is 28.6 Å². The van der Waals surface area contributed by atoms with Crippen molar-refractivity contribution in [1.29, 1.82) is 0 Å². The first-order valence-corrected chi connectivity index (χ1v) is 15.1. The van der Waals surface area contributed by atoms with Gasteiger partial charge in [0.25, 0.3) is 0 Å². The molecule has 154 valence electrons. The van der Waals surface area contributed by atoms with Crippen LogP contribution < -0.4 is 0 Å². The summed E-state index contributed by atoms with van der Waals surface area (Å²) in [5.74, 6) is 4.25. The molecule has 4 fully saturated rings. The van der Waals surface area contributed by atoms with E-state index in [4.69, 9.17) is 4.43 Å². The Bertz CT molecular complexity index is 596. The molecule has 27 heavy (non-hydrogen) atoms. The van der Waals surface area contributed by atoms with E-state index < -0.39 is 8.32 Å². The molecule has 2 nitrogen and oxygen atoms in total. The summed E-state index contributed by atoms with van der Waals surface area (Å²) in [6.45, 7) is 14.0. The Balaban J connectivity index is 1.52. The minimum atomic E-state index is -1.44. The van der Waals surface area contributed by atoms with Crippen molar-refractivity contribution in [3.05, 3.63) is 0 Å². The fourth-order valence-corrected chi connectivity index (χ4v) is 9.71. The number of rotatable bonds is 3. The molecule has 4 aliphatic carbocycles. The van der Waals surface area contributed by atoms with Crippen molar-refractivity contribution in [2.24, 2.45) is 40.4 Å². The number of hydrogen-bond acceptors (Lipinski definition) is 2. The Labute approximate surface area is 168 Å². The number of carbonyl (C=O) groups excluding carboxylic acids is 1. The van der Waals surface area contributed by atoms with E-state index in [2.05, 4.69) is 33.5 Å². The molecule has 0 N–H and O–H groups in total. The van der Waals surface area contributed by atoms with Gasteiger partial charge in [0.1, 0.15) is 5.78 Å². The summed E-state index contributed by atoms with van der Waals surface area (Å²) in [4.78, 5) is 12.3. The van der Waals surface area contributed by atoms with Crippen LogP contribution in [0, 0.1) is 40.4 Å². The van der Waals surface area contributed by atoms with Crippen molar-refractivity contribution in [3.8, 4) is 0 Å². The maximum Gasteiger partial charge on any atom is 0.184 e. The van der Waals surface area contributed by atoms with Gasteiger partial charge in [0.05, 0.1) is 0 Å². The average molecular weight is 391 g/mol.